The smallest absolute Gasteiger partial charge is 0.235 e. The number of hydrogen-bond acceptors (Lipinski definition) is 3. The fraction of sp³-hybridized carbons (Fsp3) is 0.917. The summed E-state index contributed by atoms with van der Waals surface area (Å²) < 4.78 is 0. The van der Waals surface area contributed by atoms with Crippen molar-refractivity contribution in [3.63, 3.8) is 0 Å². The van der Waals surface area contributed by atoms with Crippen LogP contribution in [-0.2, 0) is 4.79 Å². The van der Waals surface area contributed by atoms with Gasteiger partial charge < -0.3 is 16.0 Å². The van der Waals surface area contributed by atoms with Gasteiger partial charge in [-0.1, -0.05) is 27.7 Å². The van der Waals surface area contributed by atoms with E-state index in [1.165, 1.54) is 0 Å². The molecule has 0 aromatic carbocycles. The number of rotatable bonds is 9. The average Bonchev–Trinajstić information content (AvgIpc) is 2.21. The summed E-state index contributed by atoms with van der Waals surface area (Å²) in [7, 11) is 0. The van der Waals surface area contributed by atoms with Crippen molar-refractivity contribution in [1.29, 1.82) is 0 Å². The first-order valence-electron chi connectivity index (χ1n) is 6.26. The number of amides is 1. The van der Waals surface area contributed by atoms with Crippen LogP contribution >= 0.6 is 0 Å². The van der Waals surface area contributed by atoms with Gasteiger partial charge in [-0.15, -0.1) is 0 Å². The van der Waals surface area contributed by atoms with Gasteiger partial charge in [-0.3, -0.25) is 4.79 Å². The second-order valence-corrected chi connectivity index (χ2v) is 4.66. The summed E-state index contributed by atoms with van der Waals surface area (Å²) in [6.07, 6.45) is 1.01. The molecule has 4 nitrogen and oxygen atoms in total. The highest BCUT2D eigenvalue weighted by molar-refractivity contribution is 5.80. The summed E-state index contributed by atoms with van der Waals surface area (Å²) >= 11 is 0. The van der Waals surface area contributed by atoms with Crippen LogP contribution < -0.4 is 11.1 Å². The summed E-state index contributed by atoms with van der Waals surface area (Å²) in [4.78, 5) is 13.5. The first kappa shape index (κ1) is 15.4. The van der Waals surface area contributed by atoms with E-state index < -0.39 is 0 Å². The molecule has 0 saturated heterocycles. The Morgan fingerprint density at radius 3 is 2.31 bits per heavy atom. The monoisotopic (exact) mass is 229 g/mol. The minimum Gasteiger partial charge on any atom is -0.368 e. The predicted octanol–water partition coefficient (Wildman–Crippen LogP) is 0.818. The van der Waals surface area contributed by atoms with Gasteiger partial charge in [0.05, 0.1) is 6.04 Å². The third-order valence-corrected chi connectivity index (χ3v) is 2.50. The second-order valence-electron chi connectivity index (χ2n) is 4.66. The number of nitrogens with one attached hydrogen (secondary N) is 1. The van der Waals surface area contributed by atoms with E-state index >= 15 is 0 Å². The van der Waals surface area contributed by atoms with Crippen molar-refractivity contribution >= 4 is 5.91 Å². The number of primary amides is 1. The van der Waals surface area contributed by atoms with Crippen LogP contribution in [0.1, 0.15) is 34.1 Å². The van der Waals surface area contributed by atoms with E-state index in [9.17, 15) is 4.79 Å². The molecule has 4 heteroatoms. The summed E-state index contributed by atoms with van der Waals surface area (Å²) in [5, 5.41) is 3.19. The Balaban J connectivity index is 4.17. The van der Waals surface area contributed by atoms with Crippen molar-refractivity contribution in [3.8, 4) is 0 Å². The third-order valence-electron chi connectivity index (χ3n) is 2.50. The molecule has 0 spiro atoms. The van der Waals surface area contributed by atoms with Crippen molar-refractivity contribution in [2.75, 3.05) is 26.2 Å². The summed E-state index contributed by atoms with van der Waals surface area (Å²) in [6, 6.07) is -0.223. The maximum Gasteiger partial charge on any atom is 0.235 e. The molecular formula is C12H27N3O. The van der Waals surface area contributed by atoms with Gasteiger partial charge in [0.1, 0.15) is 0 Å². The van der Waals surface area contributed by atoms with Gasteiger partial charge >= 0.3 is 0 Å². The Morgan fingerprint density at radius 2 is 1.94 bits per heavy atom. The maximum absolute atomic E-state index is 11.3. The molecule has 16 heavy (non-hydrogen) atoms. The first-order chi connectivity index (χ1) is 7.51. The molecule has 0 aliphatic rings. The number of nitrogens with zero attached hydrogens (tertiary/aromatic N) is 1. The average molecular weight is 229 g/mol. The largest absolute Gasteiger partial charge is 0.368 e. The molecule has 1 unspecified atom stereocenters. The Morgan fingerprint density at radius 1 is 1.31 bits per heavy atom. The van der Waals surface area contributed by atoms with Crippen molar-refractivity contribution in [2.45, 2.75) is 40.2 Å². The van der Waals surface area contributed by atoms with Gasteiger partial charge in [0.2, 0.25) is 5.91 Å². The topological polar surface area (TPSA) is 58.4 Å². The Bertz CT molecular complexity index is 195. The number of nitrogens with two attached hydrogens (primary N) is 1. The quantitative estimate of drug-likeness (QED) is 0.615. The first-order valence-corrected chi connectivity index (χ1v) is 6.26. The second kappa shape index (κ2) is 8.53. The molecular weight excluding hydrogens is 202 g/mol. The van der Waals surface area contributed by atoms with Crippen molar-refractivity contribution in [1.82, 2.24) is 10.2 Å². The number of hydrogen-bond donors (Lipinski definition) is 2. The minimum absolute atomic E-state index is 0.223. The van der Waals surface area contributed by atoms with E-state index in [2.05, 4.69) is 37.9 Å². The van der Waals surface area contributed by atoms with Crippen LogP contribution in [-0.4, -0.2) is 43.0 Å². The minimum atomic E-state index is -0.254. The van der Waals surface area contributed by atoms with E-state index in [-0.39, 0.29) is 11.9 Å². The van der Waals surface area contributed by atoms with Crippen LogP contribution in [0.25, 0.3) is 0 Å². The van der Waals surface area contributed by atoms with Gasteiger partial charge in [0, 0.05) is 13.1 Å². The van der Waals surface area contributed by atoms with Crippen LogP contribution in [0.5, 0.6) is 0 Å². The zero-order chi connectivity index (χ0) is 12.6. The molecule has 1 amide bonds. The number of likely N-dealkylation sites (N-methyl/N-ethyl adjacent to an activating group) is 1. The molecule has 0 radical (unpaired) electrons. The van der Waals surface area contributed by atoms with Crippen LogP contribution in [0.15, 0.2) is 0 Å². The molecule has 0 heterocycles. The normalized spacial score (nSPS) is 13.4. The van der Waals surface area contributed by atoms with E-state index in [4.69, 9.17) is 5.73 Å². The molecule has 0 aromatic heterocycles. The highest BCUT2D eigenvalue weighted by Crippen LogP contribution is 2.00. The van der Waals surface area contributed by atoms with Crippen molar-refractivity contribution < 1.29 is 4.79 Å². The number of carbonyl (C=O) groups is 1. The van der Waals surface area contributed by atoms with Crippen LogP contribution in [0.4, 0.5) is 0 Å². The fourth-order valence-corrected chi connectivity index (χ4v) is 1.68. The predicted molar refractivity (Wildman–Crippen MR) is 68.2 cm³/mol. The van der Waals surface area contributed by atoms with Crippen LogP contribution in [0, 0.1) is 5.92 Å². The highest BCUT2D eigenvalue weighted by Gasteiger charge is 2.17. The Kier molecular flexibility index (Phi) is 8.21. The van der Waals surface area contributed by atoms with Gasteiger partial charge in [-0.25, -0.2) is 0 Å². The van der Waals surface area contributed by atoms with Gasteiger partial charge in [0.15, 0.2) is 0 Å². The summed E-state index contributed by atoms with van der Waals surface area (Å²) in [5.74, 6) is 0.357. The Hall–Kier alpha value is -0.610. The van der Waals surface area contributed by atoms with E-state index in [0.29, 0.717) is 12.5 Å². The van der Waals surface area contributed by atoms with E-state index in [0.717, 1.165) is 26.1 Å². The number of carbonyl (C=O) groups excluding carboxylic acids is 1. The lowest BCUT2D eigenvalue weighted by molar-refractivity contribution is -0.120. The third kappa shape index (κ3) is 6.80. The summed E-state index contributed by atoms with van der Waals surface area (Å²) in [6.45, 7) is 12.1. The SMILES string of the molecule is CCCNC(CN(CC)CC(C)C)C(N)=O. The molecule has 0 fully saturated rings. The molecule has 1 atom stereocenters. The van der Waals surface area contributed by atoms with Gasteiger partial charge in [-0.2, -0.15) is 0 Å². The van der Waals surface area contributed by atoms with Gasteiger partial charge in [0.25, 0.3) is 0 Å². The van der Waals surface area contributed by atoms with E-state index in [1.807, 2.05) is 0 Å². The lowest BCUT2D eigenvalue weighted by Gasteiger charge is -2.26. The molecule has 0 bridgehead atoms. The lowest BCUT2D eigenvalue weighted by Crippen LogP contribution is -2.49. The molecule has 0 saturated carbocycles. The van der Waals surface area contributed by atoms with Gasteiger partial charge in [-0.05, 0) is 25.4 Å². The molecule has 0 aromatic rings. The Labute approximate surface area is 99.6 Å². The molecule has 96 valence electrons. The lowest BCUT2D eigenvalue weighted by atomic mass is 10.2. The van der Waals surface area contributed by atoms with Crippen molar-refractivity contribution in [2.24, 2.45) is 11.7 Å². The zero-order valence-electron chi connectivity index (χ0n) is 11.1. The zero-order valence-corrected chi connectivity index (χ0v) is 11.1. The maximum atomic E-state index is 11.3. The molecule has 0 aliphatic carbocycles. The fourth-order valence-electron chi connectivity index (χ4n) is 1.68. The molecule has 0 aliphatic heterocycles. The molecule has 3 N–H and O–H groups in total. The highest BCUT2D eigenvalue weighted by atomic mass is 16.1. The van der Waals surface area contributed by atoms with Crippen LogP contribution in [0.2, 0.25) is 0 Å². The molecule has 0 rings (SSSR count). The van der Waals surface area contributed by atoms with Crippen LogP contribution in [0.3, 0.4) is 0 Å². The standard InChI is InChI=1S/C12H27N3O/c1-5-7-14-11(12(13)16)9-15(6-2)8-10(3)4/h10-11,14H,5-9H2,1-4H3,(H2,13,16). The summed E-state index contributed by atoms with van der Waals surface area (Å²) in [5.41, 5.74) is 5.38. The van der Waals surface area contributed by atoms with Crippen molar-refractivity contribution in [3.05, 3.63) is 0 Å². The van der Waals surface area contributed by atoms with E-state index in [1.54, 1.807) is 0 Å².